The quantitative estimate of drug-likeness (QED) is 0.878. The Morgan fingerprint density at radius 3 is 2.48 bits per heavy atom. The first kappa shape index (κ1) is 17.7. The lowest BCUT2D eigenvalue weighted by atomic mass is 9.91. The molecule has 118 valence electrons. The molecular weight excluding hydrogens is 307 g/mol. The zero-order valence-electron chi connectivity index (χ0n) is 11.2. The molecule has 1 aliphatic carbocycles. The minimum absolute atomic E-state index is 0. The van der Waals surface area contributed by atoms with E-state index in [9.17, 15) is 18.0 Å². The molecule has 0 bridgehead atoms. The lowest BCUT2D eigenvalue weighted by molar-refractivity contribution is -0.141. The van der Waals surface area contributed by atoms with Crippen LogP contribution in [0.3, 0.4) is 0 Å². The summed E-state index contributed by atoms with van der Waals surface area (Å²) in [4.78, 5) is 15.2. The first-order chi connectivity index (χ1) is 9.38. The number of carbonyl (C=O) groups excluding carboxylic acids is 1. The van der Waals surface area contributed by atoms with E-state index in [1.54, 1.807) is 0 Å². The smallest absolute Gasteiger partial charge is 0.348 e. The molecule has 1 saturated carbocycles. The molecule has 0 aromatic carbocycles. The number of nitrogens with one attached hydrogen (secondary N) is 1. The van der Waals surface area contributed by atoms with Gasteiger partial charge in [0.05, 0.1) is 5.56 Å². The van der Waals surface area contributed by atoms with Gasteiger partial charge in [0.15, 0.2) is 0 Å². The molecule has 1 heterocycles. The van der Waals surface area contributed by atoms with Crippen molar-refractivity contribution in [1.29, 1.82) is 0 Å². The molecule has 2 atom stereocenters. The molecule has 0 aliphatic heterocycles. The number of nitrogens with zero attached hydrogens (tertiary/aromatic N) is 1. The SMILES string of the molecule is Cl.N[C@@H]1CCCC[C@H]1NC(=O)c1ccc(C(F)(F)F)nc1. The van der Waals surface area contributed by atoms with Crippen molar-refractivity contribution in [2.45, 2.75) is 43.9 Å². The molecular formula is C13H17ClF3N3O. The van der Waals surface area contributed by atoms with Crippen LogP contribution in [0.1, 0.15) is 41.7 Å². The van der Waals surface area contributed by atoms with Crippen molar-refractivity contribution in [1.82, 2.24) is 10.3 Å². The number of amides is 1. The Labute approximate surface area is 126 Å². The molecule has 2 rings (SSSR count). The van der Waals surface area contributed by atoms with E-state index in [0.717, 1.165) is 44.0 Å². The number of pyridine rings is 1. The second-order valence-corrected chi connectivity index (χ2v) is 4.96. The average Bonchev–Trinajstić information content (AvgIpc) is 2.40. The number of carbonyl (C=O) groups is 1. The van der Waals surface area contributed by atoms with Crippen LogP contribution in [0.4, 0.5) is 13.2 Å². The van der Waals surface area contributed by atoms with Gasteiger partial charge >= 0.3 is 6.18 Å². The van der Waals surface area contributed by atoms with Crippen molar-refractivity contribution in [3.8, 4) is 0 Å². The third kappa shape index (κ3) is 4.57. The van der Waals surface area contributed by atoms with Crippen molar-refractivity contribution in [3.63, 3.8) is 0 Å². The summed E-state index contributed by atoms with van der Waals surface area (Å²) >= 11 is 0. The minimum Gasteiger partial charge on any atom is -0.348 e. The Hall–Kier alpha value is -1.34. The maximum atomic E-state index is 12.4. The van der Waals surface area contributed by atoms with Crippen LogP contribution in [0.2, 0.25) is 0 Å². The molecule has 8 heteroatoms. The predicted octanol–water partition coefficient (Wildman–Crippen LogP) is 2.52. The van der Waals surface area contributed by atoms with Crippen LogP contribution in [-0.4, -0.2) is 23.0 Å². The molecule has 3 N–H and O–H groups in total. The lowest BCUT2D eigenvalue weighted by Gasteiger charge is -2.29. The maximum Gasteiger partial charge on any atom is 0.433 e. The number of hydrogen-bond donors (Lipinski definition) is 2. The third-order valence-corrected chi connectivity index (χ3v) is 3.45. The summed E-state index contributed by atoms with van der Waals surface area (Å²) in [6, 6.07) is 1.70. The molecule has 1 amide bonds. The normalized spacial score (nSPS) is 22.3. The molecule has 1 aliphatic rings. The van der Waals surface area contributed by atoms with Crippen LogP contribution in [0.25, 0.3) is 0 Å². The maximum absolute atomic E-state index is 12.4. The van der Waals surface area contributed by atoms with Gasteiger partial charge in [-0.15, -0.1) is 12.4 Å². The Kier molecular flexibility index (Phi) is 5.98. The van der Waals surface area contributed by atoms with Gasteiger partial charge in [0.2, 0.25) is 0 Å². The summed E-state index contributed by atoms with van der Waals surface area (Å²) in [7, 11) is 0. The van der Waals surface area contributed by atoms with E-state index in [4.69, 9.17) is 5.73 Å². The van der Waals surface area contributed by atoms with Crippen LogP contribution in [-0.2, 0) is 6.18 Å². The Morgan fingerprint density at radius 1 is 1.29 bits per heavy atom. The van der Waals surface area contributed by atoms with Gasteiger partial charge in [0.25, 0.3) is 5.91 Å². The van der Waals surface area contributed by atoms with E-state index in [2.05, 4.69) is 10.3 Å². The Bertz CT molecular complexity index is 479. The highest BCUT2D eigenvalue weighted by atomic mass is 35.5. The molecule has 1 fully saturated rings. The molecule has 0 spiro atoms. The summed E-state index contributed by atoms with van der Waals surface area (Å²) in [5, 5.41) is 2.76. The number of halogens is 4. The molecule has 1 aromatic rings. The van der Waals surface area contributed by atoms with Crippen molar-refractivity contribution in [3.05, 3.63) is 29.6 Å². The van der Waals surface area contributed by atoms with Crippen LogP contribution in [0, 0.1) is 0 Å². The monoisotopic (exact) mass is 323 g/mol. The number of rotatable bonds is 2. The van der Waals surface area contributed by atoms with Crippen LogP contribution in [0.5, 0.6) is 0 Å². The highest BCUT2D eigenvalue weighted by molar-refractivity contribution is 5.94. The van der Waals surface area contributed by atoms with Crippen molar-refractivity contribution in [2.75, 3.05) is 0 Å². The van der Waals surface area contributed by atoms with Gasteiger partial charge in [-0.2, -0.15) is 13.2 Å². The van der Waals surface area contributed by atoms with Gasteiger partial charge < -0.3 is 11.1 Å². The largest absolute Gasteiger partial charge is 0.433 e. The fourth-order valence-electron chi connectivity index (χ4n) is 2.29. The first-order valence-corrected chi connectivity index (χ1v) is 6.47. The number of hydrogen-bond acceptors (Lipinski definition) is 3. The first-order valence-electron chi connectivity index (χ1n) is 6.47. The summed E-state index contributed by atoms with van der Waals surface area (Å²) in [5.41, 5.74) is 5.00. The zero-order chi connectivity index (χ0) is 14.8. The van der Waals surface area contributed by atoms with E-state index in [-0.39, 0.29) is 30.1 Å². The van der Waals surface area contributed by atoms with Gasteiger partial charge in [-0.3, -0.25) is 9.78 Å². The summed E-state index contributed by atoms with van der Waals surface area (Å²) in [6.45, 7) is 0. The van der Waals surface area contributed by atoms with E-state index >= 15 is 0 Å². The highest BCUT2D eigenvalue weighted by Crippen LogP contribution is 2.27. The van der Waals surface area contributed by atoms with Gasteiger partial charge in [-0.05, 0) is 25.0 Å². The van der Waals surface area contributed by atoms with Gasteiger partial charge in [0.1, 0.15) is 5.69 Å². The number of nitrogens with two attached hydrogens (primary N) is 1. The molecule has 1 aromatic heterocycles. The Morgan fingerprint density at radius 2 is 1.95 bits per heavy atom. The van der Waals surface area contributed by atoms with Gasteiger partial charge in [0, 0.05) is 18.3 Å². The topological polar surface area (TPSA) is 68.0 Å². The summed E-state index contributed by atoms with van der Waals surface area (Å²) in [6.07, 6.45) is 0.101. The molecule has 0 saturated heterocycles. The number of alkyl halides is 3. The van der Waals surface area contributed by atoms with Crippen molar-refractivity contribution >= 4 is 18.3 Å². The lowest BCUT2D eigenvalue weighted by Crippen LogP contribution is -2.49. The molecule has 4 nitrogen and oxygen atoms in total. The predicted molar refractivity (Wildman–Crippen MR) is 74.2 cm³/mol. The summed E-state index contributed by atoms with van der Waals surface area (Å²) in [5.74, 6) is -0.437. The van der Waals surface area contributed by atoms with E-state index < -0.39 is 17.8 Å². The molecule has 0 radical (unpaired) electrons. The molecule has 0 unspecified atom stereocenters. The second kappa shape index (κ2) is 7.09. The second-order valence-electron chi connectivity index (χ2n) is 4.96. The average molecular weight is 324 g/mol. The third-order valence-electron chi connectivity index (χ3n) is 3.45. The van der Waals surface area contributed by atoms with E-state index in [1.165, 1.54) is 0 Å². The van der Waals surface area contributed by atoms with E-state index in [1.807, 2.05) is 0 Å². The van der Waals surface area contributed by atoms with Gasteiger partial charge in [-0.1, -0.05) is 12.8 Å². The highest BCUT2D eigenvalue weighted by Gasteiger charge is 2.32. The van der Waals surface area contributed by atoms with Gasteiger partial charge in [-0.25, -0.2) is 0 Å². The fourth-order valence-corrected chi connectivity index (χ4v) is 2.29. The van der Waals surface area contributed by atoms with Crippen LogP contribution >= 0.6 is 12.4 Å². The molecule has 21 heavy (non-hydrogen) atoms. The zero-order valence-corrected chi connectivity index (χ0v) is 12.0. The summed E-state index contributed by atoms with van der Waals surface area (Å²) < 4.78 is 37.1. The minimum atomic E-state index is -4.50. The number of aromatic nitrogens is 1. The van der Waals surface area contributed by atoms with E-state index in [0.29, 0.717) is 0 Å². The Balaban J connectivity index is 0.00000220. The fraction of sp³-hybridized carbons (Fsp3) is 0.538. The van der Waals surface area contributed by atoms with Crippen LogP contribution < -0.4 is 11.1 Å². The standard InChI is InChI=1S/C13H16F3N3O.ClH/c14-13(15,16)11-6-5-8(7-18-11)12(20)19-10-4-2-1-3-9(10)17;/h5-7,9-10H,1-4,17H2,(H,19,20);1H/t9-,10-;/m1./s1. The van der Waals surface area contributed by atoms with Crippen LogP contribution in [0.15, 0.2) is 18.3 Å². The van der Waals surface area contributed by atoms with Crippen molar-refractivity contribution in [2.24, 2.45) is 5.73 Å². The van der Waals surface area contributed by atoms with Crippen molar-refractivity contribution < 1.29 is 18.0 Å².